The van der Waals surface area contributed by atoms with Crippen LogP contribution in [0.1, 0.15) is 17.3 Å². The fraction of sp³-hybridized carbons (Fsp3) is 0.143. The first-order valence-corrected chi connectivity index (χ1v) is 6.92. The molecule has 0 aliphatic carbocycles. The van der Waals surface area contributed by atoms with E-state index < -0.39 is 11.7 Å². The van der Waals surface area contributed by atoms with Crippen LogP contribution in [0.25, 0.3) is 0 Å². The van der Waals surface area contributed by atoms with Crippen molar-refractivity contribution in [2.24, 2.45) is 0 Å². The smallest absolute Gasteiger partial charge is 0.257 e. The van der Waals surface area contributed by atoms with Crippen molar-refractivity contribution in [2.75, 3.05) is 17.2 Å². The second-order valence-corrected chi connectivity index (χ2v) is 4.98. The van der Waals surface area contributed by atoms with E-state index in [1.165, 1.54) is 24.4 Å². The molecule has 0 aliphatic heterocycles. The fourth-order valence-electron chi connectivity index (χ4n) is 1.66. The van der Waals surface area contributed by atoms with E-state index in [2.05, 4.69) is 15.6 Å². The van der Waals surface area contributed by atoms with Gasteiger partial charge in [-0.1, -0.05) is 23.2 Å². The molecule has 1 aromatic carbocycles. The molecule has 2 aromatic rings. The summed E-state index contributed by atoms with van der Waals surface area (Å²) in [5.74, 6) is -0.527. The summed E-state index contributed by atoms with van der Waals surface area (Å²) < 4.78 is 13.3. The molecule has 1 heterocycles. The number of halogens is 3. The third-order valence-corrected chi connectivity index (χ3v) is 3.24. The molecule has 1 amide bonds. The van der Waals surface area contributed by atoms with Crippen molar-refractivity contribution in [3.63, 3.8) is 0 Å². The van der Waals surface area contributed by atoms with E-state index in [1.807, 2.05) is 6.92 Å². The molecule has 0 aliphatic rings. The van der Waals surface area contributed by atoms with Crippen LogP contribution in [-0.4, -0.2) is 17.4 Å². The molecule has 110 valence electrons. The summed E-state index contributed by atoms with van der Waals surface area (Å²) in [6.45, 7) is 2.57. The number of nitrogens with one attached hydrogen (secondary N) is 2. The molecule has 21 heavy (non-hydrogen) atoms. The van der Waals surface area contributed by atoms with Gasteiger partial charge in [0.2, 0.25) is 0 Å². The predicted molar refractivity (Wildman–Crippen MR) is 82.8 cm³/mol. The molecular formula is C14H12Cl2FN3O. The maximum Gasteiger partial charge on any atom is 0.257 e. The number of nitrogens with zero attached hydrogens (tertiary/aromatic N) is 1. The topological polar surface area (TPSA) is 54.0 Å². The zero-order chi connectivity index (χ0) is 15.4. The first kappa shape index (κ1) is 15.5. The molecule has 2 N–H and O–H groups in total. The Morgan fingerprint density at radius 1 is 1.29 bits per heavy atom. The summed E-state index contributed by atoms with van der Waals surface area (Å²) in [6.07, 6.45) is 1.39. The zero-order valence-corrected chi connectivity index (χ0v) is 12.6. The van der Waals surface area contributed by atoms with Crippen molar-refractivity contribution in [3.05, 3.63) is 51.9 Å². The highest BCUT2D eigenvalue weighted by Crippen LogP contribution is 2.22. The van der Waals surface area contributed by atoms with Crippen LogP contribution in [0, 0.1) is 5.82 Å². The summed E-state index contributed by atoms with van der Waals surface area (Å²) in [5.41, 5.74) is 0.540. The van der Waals surface area contributed by atoms with Gasteiger partial charge in [-0.05, 0) is 31.2 Å². The van der Waals surface area contributed by atoms with E-state index >= 15 is 0 Å². The van der Waals surface area contributed by atoms with Crippen LogP contribution in [0.5, 0.6) is 0 Å². The lowest BCUT2D eigenvalue weighted by Crippen LogP contribution is -2.13. The van der Waals surface area contributed by atoms with Gasteiger partial charge in [-0.15, -0.1) is 0 Å². The second-order valence-electron chi connectivity index (χ2n) is 4.16. The second kappa shape index (κ2) is 6.74. The van der Waals surface area contributed by atoms with E-state index in [0.717, 1.165) is 6.07 Å². The van der Waals surface area contributed by atoms with Gasteiger partial charge >= 0.3 is 0 Å². The number of pyridine rings is 1. The Morgan fingerprint density at radius 2 is 2.05 bits per heavy atom. The van der Waals surface area contributed by atoms with Gasteiger partial charge in [0.1, 0.15) is 11.6 Å². The number of carbonyl (C=O) groups excluding carboxylic acids is 1. The number of benzene rings is 1. The van der Waals surface area contributed by atoms with Crippen LogP contribution in [0.2, 0.25) is 10.0 Å². The molecule has 0 saturated carbocycles. The van der Waals surface area contributed by atoms with Gasteiger partial charge in [0.25, 0.3) is 5.91 Å². The van der Waals surface area contributed by atoms with Gasteiger partial charge in [0, 0.05) is 18.4 Å². The number of aromatic nitrogens is 1. The third-order valence-electron chi connectivity index (χ3n) is 2.64. The Morgan fingerprint density at radius 3 is 2.71 bits per heavy atom. The van der Waals surface area contributed by atoms with Crippen molar-refractivity contribution in [1.82, 2.24) is 4.98 Å². The Balaban J connectivity index is 2.23. The number of hydrogen-bond donors (Lipinski definition) is 2. The molecule has 0 spiro atoms. The molecule has 0 saturated heterocycles. The van der Waals surface area contributed by atoms with Crippen molar-refractivity contribution < 1.29 is 9.18 Å². The maximum absolute atomic E-state index is 13.3. The van der Waals surface area contributed by atoms with Crippen LogP contribution in [0.4, 0.5) is 15.9 Å². The molecule has 1 aromatic heterocycles. The Hall–Kier alpha value is -1.85. The van der Waals surface area contributed by atoms with Crippen LogP contribution in [-0.2, 0) is 0 Å². The average Bonchev–Trinajstić information content (AvgIpc) is 2.45. The third kappa shape index (κ3) is 3.83. The van der Waals surface area contributed by atoms with Crippen molar-refractivity contribution in [3.8, 4) is 0 Å². The molecule has 0 radical (unpaired) electrons. The van der Waals surface area contributed by atoms with Crippen molar-refractivity contribution >= 4 is 40.6 Å². The number of anilines is 2. The van der Waals surface area contributed by atoms with Crippen molar-refractivity contribution in [2.45, 2.75) is 6.92 Å². The fourth-order valence-corrected chi connectivity index (χ4v) is 1.97. The zero-order valence-electron chi connectivity index (χ0n) is 11.1. The summed E-state index contributed by atoms with van der Waals surface area (Å²) >= 11 is 11.6. The number of carbonyl (C=O) groups is 1. The van der Waals surface area contributed by atoms with Gasteiger partial charge in [0.05, 0.1) is 15.6 Å². The molecule has 0 fully saturated rings. The van der Waals surface area contributed by atoms with Gasteiger partial charge in [-0.3, -0.25) is 4.79 Å². The minimum Gasteiger partial charge on any atom is -0.370 e. The van der Waals surface area contributed by atoms with E-state index in [4.69, 9.17) is 23.2 Å². The molecule has 4 nitrogen and oxygen atoms in total. The monoisotopic (exact) mass is 327 g/mol. The molecule has 0 atom stereocenters. The van der Waals surface area contributed by atoms with Crippen molar-refractivity contribution in [1.29, 1.82) is 0 Å². The lowest BCUT2D eigenvalue weighted by Gasteiger charge is -2.09. The Kier molecular flexibility index (Phi) is 4.98. The normalized spacial score (nSPS) is 10.3. The summed E-state index contributed by atoms with van der Waals surface area (Å²) in [6, 6.07) is 5.54. The molecule has 7 heteroatoms. The molecule has 2 rings (SSSR count). The highest BCUT2D eigenvalue weighted by atomic mass is 35.5. The van der Waals surface area contributed by atoms with Gasteiger partial charge in [-0.2, -0.15) is 0 Å². The first-order valence-electron chi connectivity index (χ1n) is 6.17. The predicted octanol–water partition coefficient (Wildman–Crippen LogP) is 4.21. The number of rotatable bonds is 4. The average molecular weight is 328 g/mol. The van der Waals surface area contributed by atoms with E-state index in [1.54, 1.807) is 0 Å². The summed E-state index contributed by atoms with van der Waals surface area (Å²) in [4.78, 5) is 16.2. The summed E-state index contributed by atoms with van der Waals surface area (Å²) in [7, 11) is 0. The largest absolute Gasteiger partial charge is 0.370 e. The maximum atomic E-state index is 13.3. The highest BCUT2D eigenvalue weighted by molar-refractivity contribution is 6.34. The number of amides is 1. The Bertz CT molecular complexity index is 679. The SMILES string of the molecule is CCNc1cc(C(=O)Nc2ccc(Cl)c(F)c2)c(Cl)cn1. The van der Waals surface area contributed by atoms with E-state index in [9.17, 15) is 9.18 Å². The first-order chi connectivity index (χ1) is 10.0. The minimum absolute atomic E-state index is 0.00984. The molecular weight excluding hydrogens is 316 g/mol. The van der Waals surface area contributed by atoms with Gasteiger partial charge in [0.15, 0.2) is 0 Å². The molecule has 0 bridgehead atoms. The van der Waals surface area contributed by atoms with Gasteiger partial charge in [-0.25, -0.2) is 9.37 Å². The van der Waals surface area contributed by atoms with Crippen LogP contribution >= 0.6 is 23.2 Å². The van der Waals surface area contributed by atoms with Crippen LogP contribution in [0.3, 0.4) is 0 Å². The van der Waals surface area contributed by atoms with E-state index in [-0.39, 0.29) is 15.6 Å². The van der Waals surface area contributed by atoms with Crippen LogP contribution < -0.4 is 10.6 Å². The molecule has 0 unspecified atom stereocenters. The standard InChI is InChI=1S/C14H12Cl2FN3O/c1-2-18-13-6-9(11(16)7-19-13)14(21)20-8-3-4-10(15)12(17)5-8/h3-7H,2H2,1H3,(H,18,19)(H,20,21). The lowest BCUT2D eigenvalue weighted by atomic mass is 10.2. The number of hydrogen-bond acceptors (Lipinski definition) is 3. The quantitative estimate of drug-likeness (QED) is 0.884. The van der Waals surface area contributed by atoms with Crippen LogP contribution in [0.15, 0.2) is 30.5 Å². The minimum atomic E-state index is -0.608. The van der Waals surface area contributed by atoms with Gasteiger partial charge < -0.3 is 10.6 Å². The van der Waals surface area contributed by atoms with E-state index in [0.29, 0.717) is 18.1 Å². The lowest BCUT2D eigenvalue weighted by molar-refractivity contribution is 0.102. The Labute approximate surface area is 131 Å². The highest BCUT2D eigenvalue weighted by Gasteiger charge is 2.13. The summed E-state index contributed by atoms with van der Waals surface area (Å²) in [5, 5.41) is 5.74.